The van der Waals surface area contributed by atoms with Gasteiger partial charge in [-0.15, -0.1) is 0 Å². The summed E-state index contributed by atoms with van der Waals surface area (Å²) < 4.78 is 76.9. The number of hydrogen-bond acceptors (Lipinski definition) is 24. The molecule has 0 radical (unpaired) electrons. The second-order valence-electron chi connectivity index (χ2n) is 27.7. The lowest BCUT2D eigenvalue weighted by Gasteiger charge is -2.44. The molecule has 0 saturated heterocycles. The van der Waals surface area contributed by atoms with Gasteiger partial charge in [-0.25, -0.2) is 0 Å². The van der Waals surface area contributed by atoms with Crippen molar-refractivity contribution in [1.29, 1.82) is 0 Å². The molecule has 0 aliphatic rings. The van der Waals surface area contributed by atoms with E-state index in [0.717, 1.165) is 0 Å². The second-order valence-corrected chi connectivity index (χ2v) is 27.7. The molecule has 0 aromatic heterocycles. The number of nitrogens with two attached hydrogens (primary N) is 6. The van der Waals surface area contributed by atoms with Gasteiger partial charge >= 0.3 is 0 Å². The molecule has 0 saturated carbocycles. The summed E-state index contributed by atoms with van der Waals surface area (Å²) in [7, 11) is 0. The molecule has 0 aliphatic carbocycles. The molecule has 0 fully saturated rings. The van der Waals surface area contributed by atoms with E-state index in [9.17, 15) is 30.6 Å². The Morgan fingerprint density at radius 1 is 0.341 bits per heavy atom. The van der Waals surface area contributed by atoms with E-state index in [2.05, 4.69) is 0 Å². The SMILES string of the molecule is CCC(CC(O)COC(C)CN)OCC(COC(C)(CC)CC(O)COC(C)CN)C(C)(CN)OC(CO)CC(C)(CC)OCCOC(C)(CC)CC(CO)OC(C)(CN)C(COC(C)(CC)CC(O)COC(C)CN)COC(C)(CC)CC(O)COC(C)CN. The van der Waals surface area contributed by atoms with E-state index in [-0.39, 0.29) is 123 Å². The number of aliphatic hydroxyl groups excluding tert-OH is 6. The Hall–Kier alpha value is -0.960. The predicted molar refractivity (Wildman–Crippen MR) is 359 cm³/mol. The Morgan fingerprint density at radius 3 is 0.868 bits per heavy atom. The third kappa shape index (κ3) is 35.9. The lowest BCUT2D eigenvalue weighted by molar-refractivity contribution is -0.199. The largest absolute Gasteiger partial charge is 0.394 e. The fourth-order valence-corrected chi connectivity index (χ4v) is 10.5. The molecule has 0 spiro atoms. The molecule has 0 amide bonds. The maximum atomic E-state index is 11.1. The van der Waals surface area contributed by atoms with Gasteiger partial charge in [0.25, 0.3) is 0 Å². The van der Waals surface area contributed by atoms with Crippen molar-refractivity contribution in [3.8, 4) is 0 Å². The first-order valence-electron chi connectivity index (χ1n) is 34.4. The summed E-state index contributed by atoms with van der Waals surface area (Å²) in [4.78, 5) is 0. The lowest BCUT2D eigenvalue weighted by Crippen LogP contribution is -2.54. The maximum Gasteiger partial charge on any atom is 0.0853 e. The molecule has 19 atom stereocenters. The molecule has 0 rings (SSSR count). The van der Waals surface area contributed by atoms with Gasteiger partial charge in [0.05, 0.1) is 186 Å². The fraction of sp³-hybridized carbons (Fsp3) is 1.00. The van der Waals surface area contributed by atoms with Crippen molar-refractivity contribution >= 4 is 0 Å². The van der Waals surface area contributed by atoms with Gasteiger partial charge in [0, 0.05) is 89.6 Å². The monoisotopic (exact) mass is 1320 g/mol. The zero-order valence-corrected chi connectivity index (χ0v) is 60.3. The molecular formula is C67H142N6O18. The van der Waals surface area contributed by atoms with Crippen molar-refractivity contribution in [1.82, 2.24) is 0 Å². The fourth-order valence-electron chi connectivity index (χ4n) is 10.5. The first-order valence-corrected chi connectivity index (χ1v) is 34.4. The Bertz CT molecular complexity index is 1760. The minimum atomic E-state index is -1.11. The molecule has 0 aliphatic heterocycles. The normalized spacial score (nSPS) is 21.6. The highest BCUT2D eigenvalue weighted by molar-refractivity contribution is 4.93. The number of hydrogen-bond donors (Lipinski definition) is 12. The highest BCUT2D eigenvalue weighted by Crippen LogP contribution is 2.36. The third-order valence-corrected chi connectivity index (χ3v) is 18.9. The topological polar surface area (TPSA) is 388 Å². The third-order valence-electron chi connectivity index (χ3n) is 18.9. The molecule has 24 nitrogen and oxygen atoms in total. The van der Waals surface area contributed by atoms with Crippen LogP contribution in [-0.4, -0.2) is 256 Å². The van der Waals surface area contributed by atoms with E-state index in [0.29, 0.717) is 103 Å². The predicted octanol–water partition coefficient (Wildman–Crippen LogP) is 4.37. The number of aliphatic hydroxyl groups is 6. The van der Waals surface area contributed by atoms with Crippen molar-refractivity contribution in [3.63, 3.8) is 0 Å². The van der Waals surface area contributed by atoms with Gasteiger partial charge in [0.2, 0.25) is 0 Å². The highest BCUT2D eigenvalue weighted by atomic mass is 16.6. The first kappa shape index (κ1) is 90.0. The minimum absolute atomic E-state index is 0.0390. The molecule has 19 unspecified atom stereocenters. The smallest absolute Gasteiger partial charge is 0.0853 e. The molecule has 0 heterocycles. The summed E-state index contributed by atoms with van der Waals surface area (Å²) >= 11 is 0. The molecule has 0 aromatic rings. The zero-order valence-electron chi connectivity index (χ0n) is 60.3. The average molecular weight is 1320 g/mol. The van der Waals surface area contributed by atoms with Crippen molar-refractivity contribution in [2.45, 2.75) is 301 Å². The van der Waals surface area contributed by atoms with Crippen LogP contribution in [0.4, 0.5) is 0 Å². The van der Waals surface area contributed by atoms with Crippen LogP contribution in [0.5, 0.6) is 0 Å². The zero-order chi connectivity index (χ0) is 69.7. The van der Waals surface area contributed by atoms with Crippen LogP contribution in [0.2, 0.25) is 0 Å². The van der Waals surface area contributed by atoms with Crippen LogP contribution in [0.3, 0.4) is 0 Å². The molecule has 91 heavy (non-hydrogen) atoms. The van der Waals surface area contributed by atoms with Gasteiger partial charge in [-0.05, 0) is 115 Å². The van der Waals surface area contributed by atoms with Crippen molar-refractivity contribution in [2.24, 2.45) is 46.2 Å². The summed E-state index contributed by atoms with van der Waals surface area (Å²) in [5.74, 6) is -0.972. The van der Waals surface area contributed by atoms with Gasteiger partial charge in [0.1, 0.15) is 0 Å². The molecule has 18 N–H and O–H groups in total. The van der Waals surface area contributed by atoms with Gasteiger partial charge in [-0.1, -0.05) is 41.5 Å². The van der Waals surface area contributed by atoms with Crippen LogP contribution < -0.4 is 34.4 Å². The van der Waals surface area contributed by atoms with Gasteiger partial charge in [-0.2, -0.15) is 0 Å². The maximum absolute atomic E-state index is 11.1. The van der Waals surface area contributed by atoms with Gasteiger partial charge < -0.3 is 122 Å². The van der Waals surface area contributed by atoms with E-state index in [1.54, 1.807) is 0 Å². The summed E-state index contributed by atoms with van der Waals surface area (Å²) in [5.41, 5.74) is 30.3. The van der Waals surface area contributed by atoms with Crippen LogP contribution >= 0.6 is 0 Å². The van der Waals surface area contributed by atoms with E-state index in [1.165, 1.54) is 0 Å². The Morgan fingerprint density at radius 2 is 0.615 bits per heavy atom. The van der Waals surface area contributed by atoms with Crippen molar-refractivity contribution in [2.75, 3.05) is 119 Å². The second kappa shape index (κ2) is 46.3. The summed E-state index contributed by atoms with van der Waals surface area (Å²) in [6, 6.07) is 0. The lowest BCUT2D eigenvalue weighted by atomic mass is 9.87. The van der Waals surface area contributed by atoms with E-state index >= 15 is 0 Å². The van der Waals surface area contributed by atoms with Crippen LogP contribution in [0.1, 0.15) is 195 Å². The highest BCUT2D eigenvalue weighted by Gasteiger charge is 2.44. The quantitative estimate of drug-likeness (QED) is 0.0376. The van der Waals surface area contributed by atoms with E-state index in [1.807, 2.05) is 118 Å². The van der Waals surface area contributed by atoms with E-state index in [4.69, 9.17) is 91.2 Å². The first-order chi connectivity index (χ1) is 42.7. The summed E-state index contributed by atoms with van der Waals surface area (Å²) in [6.45, 7) is 35.1. The minimum Gasteiger partial charge on any atom is -0.394 e. The summed E-state index contributed by atoms with van der Waals surface area (Å²) in [5, 5.41) is 66.3. The van der Waals surface area contributed by atoms with Gasteiger partial charge in [-0.3, -0.25) is 0 Å². The molecular weight excluding hydrogens is 1180 g/mol. The van der Waals surface area contributed by atoms with Crippen LogP contribution in [-0.2, 0) is 56.8 Å². The molecule has 548 valence electrons. The standard InChI is InChI=1S/C67H142N6O18/c1-18-58(26-54(76)42-80-48(7)32-68)84-38-52(39-87-61(11,19-2)27-55(77)43-81-49(8)33-69)66(16,46-72)90-59(36-74)30-64(14,22-5)85-24-25-86-65(15,23-6)31-60(37-75)91-67(17,47-73)53(40-88-62(12,20-3)28-56(78)44-82-50(9)34-70)41-89-63(13,21-4)29-57(79)45-83-51(10)35-71/h48-60,74-79H,18-47,68-73H2,1-17H3. The van der Waals surface area contributed by atoms with Crippen molar-refractivity contribution in [3.05, 3.63) is 0 Å². The number of ether oxygens (including phenoxy) is 12. The van der Waals surface area contributed by atoms with Crippen LogP contribution in [0.15, 0.2) is 0 Å². The number of rotatable bonds is 61. The van der Waals surface area contributed by atoms with Crippen LogP contribution in [0.25, 0.3) is 0 Å². The molecule has 0 aromatic carbocycles. The van der Waals surface area contributed by atoms with Crippen LogP contribution in [0, 0.1) is 11.8 Å². The molecule has 0 bridgehead atoms. The molecule has 24 heteroatoms. The van der Waals surface area contributed by atoms with E-state index < -0.39 is 87.7 Å². The Balaban J connectivity index is 6.70. The van der Waals surface area contributed by atoms with Gasteiger partial charge in [0.15, 0.2) is 0 Å². The Labute approximate surface area is 551 Å². The average Bonchev–Trinajstić information content (AvgIpc) is 0.896. The van der Waals surface area contributed by atoms with Crippen molar-refractivity contribution < 1.29 is 87.5 Å². The summed E-state index contributed by atoms with van der Waals surface area (Å²) in [6.07, 6.45) is -0.573. The Kier molecular flexibility index (Phi) is 45.8.